The normalized spacial score (nSPS) is 11.0. The van der Waals surface area contributed by atoms with Gasteiger partial charge in [-0.1, -0.05) is 11.3 Å². The Morgan fingerprint density at radius 3 is 2.23 bits per heavy atom. The van der Waals surface area contributed by atoms with Gasteiger partial charge in [-0.25, -0.2) is 4.98 Å². The Kier molecular flexibility index (Phi) is 7.60. The van der Waals surface area contributed by atoms with Crippen molar-refractivity contribution in [2.45, 2.75) is 41.2 Å². The number of nitrogens with zero attached hydrogens (tertiary/aromatic N) is 2. The van der Waals surface area contributed by atoms with Crippen molar-refractivity contribution in [1.29, 1.82) is 0 Å². The highest BCUT2D eigenvalue weighted by Gasteiger charge is 2.26. The van der Waals surface area contributed by atoms with Crippen LogP contribution in [0, 0.1) is 13.8 Å². The number of amides is 1. The number of aromatic nitrogens is 1. The van der Waals surface area contributed by atoms with Crippen LogP contribution < -0.4 is 19.1 Å². The Balaban J connectivity index is 1.81. The number of aryl methyl sites for hydroxylation is 2. The fourth-order valence-electron chi connectivity index (χ4n) is 3.74. The van der Waals surface area contributed by atoms with E-state index in [-0.39, 0.29) is 12.5 Å². The zero-order chi connectivity index (χ0) is 24.9. The highest BCUT2D eigenvalue weighted by atomic mass is 32.1. The molecule has 0 spiro atoms. The maximum atomic E-state index is 14.0. The van der Waals surface area contributed by atoms with Gasteiger partial charge >= 0.3 is 0 Å². The highest BCUT2D eigenvalue weighted by molar-refractivity contribution is 7.22. The standard InChI is InChI=1S/C27H30N2O5S/c1-6-31-22-14-19(15-23(32-7-2)25(22)33-8-3)26(30)29(16-20-10-9-11-34-20)27-28-21-12-17(4)18(5)13-24(21)35-27/h9-15H,6-8,16H2,1-5H3. The summed E-state index contributed by atoms with van der Waals surface area (Å²) in [5.74, 6) is 1.86. The average Bonchev–Trinajstić information content (AvgIpc) is 3.49. The number of fused-ring (bicyclic) bond motifs is 1. The Labute approximate surface area is 209 Å². The van der Waals surface area contributed by atoms with Gasteiger partial charge in [0.05, 0.1) is 42.8 Å². The largest absolute Gasteiger partial charge is 0.490 e. The van der Waals surface area contributed by atoms with Gasteiger partial charge in [-0.15, -0.1) is 0 Å². The number of carbonyl (C=O) groups excluding carboxylic acids is 1. The smallest absolute Gasteiger partial charge is 0.260 e. The summed E-state index contributed by atoms with van der Waals surface area (Å²) in [6.07, 6.45) is 1.60. The van der Waals surface area contributed by atoms with Gasteiger partial charge < -0.3 is 18.6 Å². The molecule has 4 rings (SSSR count). The molecular weight excluding hydrogens is 464 g/mol. The van der Waals surface area contributed by atoms with Crippen LogP contribution in [0.1, 0.15) is 48.0 Å². The third kappa shape index (κ3) is 5.27. The number of hydrogen-bond acceptors (Lipinski definition) is 7. The van der Waals surface area contributed by atoms with E-state index in [1.807, 2.05) is 26.8 Å². The molecule has 0 atom stereocenters. The molecular formula is C27H30N2O5S. The van der Waals surface area contributed by atoms with Crippen molar-refractivity contribution in [2.24, 2.45) is 0 Å². The van der Waals surface area contributed by atoms with Crippen molar-refractivity contribution < 1.29 is 23.4 Å². The summed E-state index contributed by atoms with van der Waals surface area (Å²) in [5, 5.41) is 0.594. The van der Waals surface area contributed by atoms with Crippen molar-refractivity contribution in [3.63, 3.8) is 0 Å². The molecule has 0 saturated carbocycles. The number of benzene rings is 2. The first kappa shape index (κ1) is 24.6. The van der Waals surface area contributed by atoms with Crippen LogP contribution in [0.25, 0.3) is 10.2 Å². The number of thiazole rings is 1. The molecule has 0 saturated heterocycles. The Morgan fingerprint density at radius 1 is 0.971 bits per heavy atom. The van der Waals surface area contributed by atoms with Gasteiger partial charge in [0.15, 0.2) is 16.6 Å². The maximum absolute atomic E-state index is 14.0. The first-order valence-electron chi connectivity index (χ1n) is 11.7. The molecule has 0 N–H and O–H groups in total. The van der Waals surface area contributed by atoms with Crippen molar-refractivity contribution in [3.05, 3.63) is 65.1 Å². The molecule has 0 aliphatic heterocycles. The molecule has 184 valence electrons. The highest BCUT2D eigenvalue weighted by Crippen LogP contribution is 2.40. The summed E-state index contributed by atoms with van der Waals surface area (Å²) < 4.78 is 24.1. The first-order chi connectivity index (χ1) is 16.9. The van der Waals surface area contributed by atoms with Gasteiger partial charge in [0.1, 0.15) is 5.76 Å². The molecule has 0 aliphatic carbocycles. The lowest BCUT2D eigenvalue weighted by Crippen LogP contribution is -2.30. The third-order valence-electron chi connectivity index (χ3n) is 5.52. The maximum Gasteiger partial charge on any atom is 0.260 e. The third-order valence-corrected chi connectivity index (χ3v) is 6.56. The van der Waals surface area contributed by atoms with E-state index in [0.717, 1.165) is 15.8 Å². The quantitative estimate of drug-likeness (QED) is 0.249. The number of hydrogen-bond donors (Lipinski definition) is 0. The van der Waals surface area contributed by atoms with E-state index in [0.29, 0.717) is 53.5 Å². The molecule has 8 heteroatoms. The fraction of sp³-hybridized carbons (Fsp3) is 0.333. The van der Waals surface area contributed by atoms with Crippen LogP contribution in [0.5, 0.6) is 17.2 Å². The van der Waals surface area contributed by atoms with Crippen molar-refractivity contribution >= 4 is 32.6 Å². The predicted octanol–water partition coefficient (Wildman–Crippen LogP) is 6.55. The van der Waals surface area contributed by atoms with Gasteiger partial charge in [-0.3, -0.25) is 9.69 Å². The fourth-order valence-corrected chi connectivity index (χ4v) is 4.78. The predicted molar refractivity (Wildman–Crippen MR) is 138 cm³/mol. The number of ether oxygens (including phenoxy) is 3. The molecule has 0 aliphatic rings. The molecule has 1 amide bonds. The van der Waals surface area contributed by atoms with Crippen LogP contribution in [-0.4, -0.2) is 30.7 Å². The Morgan fingerprint density at radius 2 is 1.63 bits per heavy atom. The van der Waals surface area contributed by atoms with E-state index in [2.05, 4.69) is 26.0 Å². The molecule has 0 bridgehead atoms. The van der Waals surface area contributed by atoms with Crippen LogP contribution in [0.2, 0.25) is 0 Å². The van der Waals surface area contributed by atoms with Crippen LogP contribution in [0.4, 0.5) is 5.13 Å². The Bertz CT molecular complexity index is 1250. The van der Waals surface area contributed by atoms with E-state index >= 15 is 0 Å². The van der Waals surface area contributed by atoms with E-state index < -0.39 is 0 Å². The lowest BCUT2D eigenvalue weighted by molar-refractivity contribution is 0.0982. The first-order valence-corrected chi connectivity index (χ1v) is 12.5. The summed E-state index contributed by atoms with van der Waals surface area (Å²) >= 11 is 1.48. The molecule has 2 aromatic carbocycles. The molecule has 0 radical (unpaired) electrons. The second kappa shape index (κ2) is 10.8. The minimum absolute atomic E-state index is 0.237. The van der Waals surface area contributed by atoms with Gasteiger partial charge in [-0.05, 0) is 82.1 Å². The van der Waals surface area contributed by atoms with Gasteiger partial charge in [0.25, 0.3) is 5.91 Å². The van der Waals surface area contributed by atoms with Gasteiger partial charge in [0.2, 0.25) is 5.75 Å². The van der Waals surface area contributed by atoms with E-state index in [4.69, 9.17) is 23.6 Å². The average molecular weight is 495 g/mol. The minimum atomic E-state index is -0.237. The zero-order valence-corrected chi connectivity index (χ0v) is 21.5. The van der Waals surface area contributed by atoms with Crippen LogP contribution in [0.3, 0.4) is 0 Å². The number of rotatable bonds is 10. The zero-order valence-electron chi connectivity index (χ0n) is 20.7. The molecule has 4 aromatic rings. The van der Waals surface area contributed by atoms with E-state index in [1.54, 1.807) is 29.4 Å². The SMILES string of the molecule is CCOc1cc(C(=O)N(Cc2ccco2)c2nc3cc(C)c(C)cc3s2)cc(OCC)c1OCC. The second-order valence-electron chi connectivity index (χ2n) is 7.97. The summed E-state index contributed by atoms with van der Waals surface area (Å²) in [5.41, 5.74) is 3.62. The molecule has 2 aromatic heterocycles. The van der Waals surface area contributed by atoms with Crippen molar-refractivity contribution in [3.8, 4) is 17.2 Å². The summed E-state index contributed by atoms with van der Waals surface area (Å²) in [4.78, 5) is 20.4. The number of furan rings is 1. The lowest BCUT2D eigenvalue weighted by Gasteiger charge is -2.21. The number of anilines is 1. The lowest BCUT2D eigenvalue weighted by atomic mass is 10.1. The van der Waals surface area contributed by atoms with E-state index in [1.165, 1.54) is 16.9 Å². The molecule has 35 heavy (non-hydrogen) atoms. The van der Waals surface area contributed by atoms with Crippen LogP contribution in [-0.2, 0) is 6.54 Å². The number of carbonyl (C=O) groups is 1. The molecule has 0 unspecified atom stereocenters. The van der Waals surface area contributed by atoms with Crippen molar-refractivity contribution in [1.82, 2.24) is 4.98 Å². The van der Waals surface area contributed by atoms with E-state index in [9.17, 15) is 4.79 Å². The van der Waals surface area contributed by atoms with Gasteiger partial charge in [-0.2, -0.15) is 0 Å². The minimum Gasteiger partial charge on any atom is -0.490 e. The summed E-state index contributed by atoms with van der Waals surface area (Å²) in [6, 6.07) is 11.2. The monoisotopic (exact) mass is 494 g/mol. The Hall–Kier alpha value is -3.52. The summed E-state index contributed by atoms with van der Waals surface area (Å²) in [7, 11) is 0. The van der Waals surface area contributed by atoms with Crippen LogP contribution >= 0.6 is 11.3 Å². The second-order valence-corrected chi connectivity index (χ2v) is 8.98. The molecule has 2 heterocycles. The molecule has 0 fully saturated rings. The van der Waals surface area contributed by atoms with Crippen molar-refractivity contribution in [2.75, 3.05) is 24.7 Å². The van der Waals surface area contributed by atoms with Crippen LogP contribution in [0.15, 0.2) is 47.1 Å². The summed E-state index contributed by atoms with van der Waals surface area (Å²) in [6.45, 7) is 11.3. The van der Waals surface area contributed by atoms with Gasteiger partial charge in [0, 0.05) is 5.56 Å². The molecule has 7 nitrogen and oxygen atoms in total. The topological polar surface area (TPSA) is 74.0 Å².